The van der Waals surface area contributed by atoms with Crippen LogP contribution in [0, 0.1) is 0 Å². The van der Waals surface area contributed by atoms with Crippen LogP contribution in [0.3, 0.4) is 0 Å². The Hall–Kier alpha value is -2.25. The van der Waals surface area contributed by atoms with Crippen LogP contribution in [0.2, 0.25) is 0 Å². The van der Waals surface area contributed by atoms with Crippen LogP contribution in [0.25, 0.3) is 0 Å². The zero-order valence-corrected chi connectivity index (χ0v) is 12.3. The Bertz CT molecular complexity index is 535. The quantitative estimate of drug-likeness (QED) is 0.553. The van der Waals surface area contributed by atoms with Gasteiger partial charge in [0.2, 0.25) is 0 Å². The van der Waals surface area contributed by atoms with E-state index in [1.165, 1.54) is 31.4 Å². The second-order valence-corrected chi connectivity index (χ2v) is 4.53. The smallest absolute Gasteiger partial charge is 0.337 e. The fraction of sp³-hybridized carbons (Fsp3) is 0.400. The Labute approximate surface area is 127 Å². The zero-order valence-electron chi connectivity index (χ0n) is 12.3. The maximum atomic E-state index is 11.8. The zero-order chi connectivity index (χ0) is 16.7. The van der Waals surface area contributed by atoms with Gasteiger partial charge in [-0.3, -0.25) is 9.59 Å². The molecule has 120 valence electrons. The fourth-order valence-electron chi connectivity index (χ4n) is 1.76. The third-order valence-electron chi connectivity index (χ3n) is 3.10. The van der Waals surface area contributed by atoms with Crippen LogP contribution in [-0.4, -0.2) is 48.3 Å². The summed E-state index contributed by atoms with van der Waals surface area (Å²) in [4.78, 5) is 34.0. The van der Waals surface area contributed by atoms with Gasteiger partial charge >= 0.3 is 11.9 Å². The summed E-state index contributed by atoms with van der Waals surface area (Å²) in [5.41, 5.74) is 0.620. The summed E-state index contributed by atoms with van der Waals surface area (Å²) in [6.07, 6.45) is -3.15. The second kappa shape index (κ2) is 8.26. The number of ketones is 1. The highest BCUT2D eigenvalue weighted by atomic mass is 16.5. The van der Waals surface area contributed by atoms with Gasteiger partial charge in [-0.15, -0.1) is 0 Å². The first-order chi connectivity index (χ1) is 10.4. The summed E-state index contributed by atoms with van der Waals surface area (Å²) >= 11 is 0. The Morgan fingerprint density at radius 3 is 2.09 bits per heavy atom. The molecular weight excluding hydrogens is 292 g/mol. The summed E-state index contributed by atoms with van der Waals surface area (Å²) in [5, 5.41) is 19.4. The van der Waals surface area contributed by atoms with Gasteiger partial charge in [0, 0.05) is 12.0 Å². The Balaban J connectivity index is 2.71. The largest absolute Gasteiger partial charge is 0.469 e. The third-order valence-corrected chi connectivity index (χ3v) is 3.10. The maximum absolute atomic E-state index is 11.8. The van der Waals surface area contributed by atoms with E-state index in [-0.39, 0.29) is 24.2 Å². The maximum Gasteiger partial charge on any atom is 0.337 e. The van der Waals surface area contributed by atoms with Gasteiger partial charge in [-0.2, -0.15) is 0 Å². The first-order valence-corrected chi connectivity index (χ1v) is 6.54. The highest BCUT2D eigenvalue weighted by Crippen LogP contribution is 2.19. The van der Waals surface area contributed by atoms with Crippen molar-refractivity contribution in [1.82, 2.24) is 0 Å². The van der Waals surface area contributed by atoms with Crippen molar-refractivity contribution < 1.29 is 34.1 Å². The molecule has 1 aromatic carbocycles. The molecule has 22 heavy (non-hydrogen) atoms. The van der Waals surface area contributed by atoms with Gasteiger partial charge in [0.05, 0.1) is 20.6 Å². The van der Waals surface area contributed by atoms with E-state index in [9.17, 15) is 24.6 Å². The third kappa shape index (κ3) is 4.64. The molecule has 2 atom stereocenters. The number of ether oxygens (including phenoxy) is 2. The van der Waals surface area contributed by atoms with Crippen molar-refractivity contribution in [3.8, 4) is 0 Å². The summed E-state index contributed by atoms with van der Waals surface area (Å²) in [5.74, 6) is -1.67. The van der Waals surface area contributed by atoms with Crippen LogP contribution >= 0.6 is 0 Å². The SMILES string of the molecule is COC(=O)CCC(=O)c1ccc(C(O)C(O)C(=O)OC)cc1. The average Bonchev–Trinajstić information content (AvgIpc) is 2.57. The molecule has 0 fully saturated rings. The summed E-state index contributed by atoms with van der Waals surface area (Å²) in [6.45, 7) is 0. The lowest BCUT2D eigenvalue weighted by Crippen LogP contribution is -2.29. The van der Waals surface area contributed by atoms with Gasteiger partial charge in [0.1, 0.15) is 6.10 Å². The van der Waals surface area contributed by atoms with Crippen molar-refractivity contribution in [2.75, 3.05) is 14.2 Å². The number of aliphatic hydroxyl groups excluding tert-OH is 2. The minimum Gasteiger partial charge on any atom is -0.469 e. The van der Waals surface area contributed by atoms with Crippen molar-refractivity contribution in [2.24, 2.45) is 0 Å². The molecule has 0 aliphatic heterocycles. The number of carbonyl (C=O) groups excluding carboxylic acids is 3. The molecule has 7 heteroatoms. The van der Waals surface area contributed by atoms with Gasteiger partial charge in [0.25, 0.3) is 0 Å². The number of esters is 2. The molecule has 0 aromatic heterocycles. The van der Waals surface area contributed by atoms with Gasteiger partial charge in [0.15, 0.2) is 11.9 Å². The van der Waals surface area contributed by atoms with Gasteiger partial charge in [-0.25, -0.2) is 4.79 Å². The van der Waals surface area contributed by atoms with Crippen molar-refractivity contribution in [3.63, 3.8) is 0 Å². The number of benzene rings is 1. The standard InChI is InChI=1S/C15H18O7/c1-21-12(17)8-7-11(16)9-3-5-10(6-4-9)13(18)14(19)15(20)22-2/h3-6,13-14,18-19H,7-8H2,1-2H3. The van der Waals surface area contributed by atoms with Gasteiger partial charge in [-0.05, 0) is 5.56 Å². The Morgan fingerprint density at radius 1 is 1.00 bits per heavy atom. The highest BCUT2D eigenvalue weighted by Gasteiger charge is 2.26. The molecule has 0 saturated carbocycles. The molecule has 0 heterocycles. The molecule has 1 aromatic rings. The monoisotopic (exact) mass is 310 g/mol. The molecule has 0 aliphatic rings. The number of Topliss-reactive ketones (excluding diaryl/α,β-unsaturated/α-hetero) is 1. The molecule has 1 rings (SSSR count). The second-order valence-electron chi connectivity index (χ2n) is 4.53. The van der Waals surface area contributed by atoms with Crippen LogP contribution in [-0.2, 0) is 19.1 Å². The van der Waals surface area contributed by atoms with Crippen molar-refractivity contribution in [2.45, 2.75) is 25.0 Å². The molecule has 7 nitrogen and oxygen atoms in total. The normalized spacial score (nSPS) is 13.1. The lowest BCUT2D eigenvalue weighted by molar-refractivity contribution is -0.156. The lowest BCUT2D eigenvalue weighted by Gasteiger charge is -2.16. The van der Waals surface area contributed by atoms with E-state index in [1.54, 1.807) is 0 Å². The Kier molecular flexibility index (Phi) is 6.68. The first kappa shape index (κ1) is 17.8. The van der Waals surface area contributed by atoms with Crippen LogP contribution in [0.5, 0.6) is 0 Å². The molecule has 0 aliphatic carbocycles. The van der Waals surface area contributed by atoms with Crippen LogP contribution in [0.1, 0.15) is 34.9 Å². The predicted octanol–water partition coefficient (Wildman–Crippen LogP) is 0.390. The van der Waals surface area contributed by atoms with E-state index in [4.69, 9.17) is 0 Å². The van der Waals surface area contributed by atoms with Crippen molar-refractivity contribution in [1.29, 1.82) is 0 Å². The van der Waals surface area contributed by atoms with E-state index in [0.717, 1.165) is 7.11 Å². The first-order valence-electron chi connectivity index (χ1n) is 6.54. The summed E-state index contributed by atoms with van der Waals surface area (Å²) < 4.78 is 8.79. The molecule has 2 unspecified atom stereocenters. The number of hydrogen-bond acceptors (Lipinski definition) is 7. The lowest BCUT2D eigenvalue weighted by atomic mass is 10.00. The molecule has 0 bridgehead atoms. The molecular formula is C15H18O7. The molecule has 0 radical (unpaired) electrons. The number of rotatable bonds is 7. The molecule has 0 saturated heterocycles. The molecule has 0 amide bonds. The van der Waals surface area contributed by atoms with E-state index < -0.39 is 24.1 Å². The minimum atomic E-state index is -1.70. The van der Waals surface area contributed by atoms with E-state index in [0.29, 0.717) is 5.56 Å². The van der Waals surface area contributed by atoms with Gasteiger partial charge in [-0.1, -0.05) is 24.3 Å². The van der Waals surface area contributed by atoms with E-state index in [1.807, 2.05) is 0 Å². The topological polar surface area (TPSA) is 110 Å². The van der Waals surface area contributed by atoms with E-state index >= 15 is 0 Å². The minimum absolute atomic E-state index is 0.0131. The van der Waals surface area contributed by atoms with Crippen LogP contribution in [0.15, 0.2) is 24.3 Å². The number of aliphatic hydroxyl groups is 2. The highest BCUT2D eigenvalue weighted by molar-refractivity contribution is 5.97. The van der Waals surface area contributed by atoms with Gasteiger partial charge < -0.3 is 19.7 Å². The molecule has 2 N–H and O–H groups in total. The Morgan fingerprint density at radius 2 is 1.59 bits per heavy atom. The van der Waals surface area contributed by atoms with Crippen molar-refractivity contribution in [3.05, 3.63) is 35.4 Å². The fourth-order valence-corrected chi connectivity index (χ4v) is 1.76. The number of hydrogen-bond donors (Lipinski definition) is 2. The predicted molar refractivity (Wildman–Crippen MR) is 75.0 cm³/mol. The number of carbonyl (C=O) groups is 3. The number of methoxy groups -OCH3 is 2. The van der Waals surface area contributed by atoms with Crippen LogP contribution in [0.4, 0.5) is 0 Å². The molecule has 0 spiro atoms. The van der Waals surface area contributed by atoms with Crippen molar-refractivity contribution >= 4 is 17.7 Å². The summed E-state index contributed by atoms with van der Waals surface area (Å²) in [7, 11) is 2.34. The summed E-state index contributed by atoms with van der Waals surface area (Å²) in [6, 6.07) is 5.73. The average molecular weight is 310 g/mol. The van der Waals surface area contributed by atoms with Crippen LogP contribution < -0.4 is 0 Å². The van der Waals surface area contributed by atoms with E-state index in [2.05, 4.69) is 9.47 Å².